The Labute approximate surface area is 195 Å². The average molecular weight is 461 g/mol. The Balaban J connectivity index is 2.35. The van der Waals surface area contributed by atoms with Crippen molar-refractivity contribution in [3.63, 3.8) is 0 Å². The molecule has 32 heavy (non-hydrogen) atoms. The van der Waals surface area contributed by atoms with Crippen molar-refractivity contribution < 1.29 is 23.1 Å². The van der Waals surface area contributed by atoms with E-state index in [-0.39, 0.29) is 23.3 Å². The van der Waals surface area contributed by atoms with Gasteiger partial charge in [0.1, 0.15) is 6.10 Å². The molecule has 6 heteroatoms. The van der Waals surface area contributed by atoms with Gasteiger partial charge in [0.2, 0.25) is 0 Å². The summed E-state index contributed by atoms with van der Waals surface area (Å²) in [4.78, 5) is 11.8. The van der Waals surface area contributed by atoms with Gasteiger partial charge in [-0.3, -0.25) is 0 Å². The largest absolute Gasteiger partial charge is 0.466 e. The third kappa shape index (κ3) is 7.41. The predicted octanol–water partition coefficient (Wildman–Crippen LogP) is 6.09. The van der Waals surface area contributed by atoms with E-state index in [0.717, 1.165) is 24.8 Å². The number of ether oxygens (including phenoxy) is 2. The molecule has 3 atom stereocenters. The van der Waals surface area contributed by atoms with Crippen molar-refractivity contribution in [1.82, 2.24) is 0 Å². The van der Waals surface area contributed by atoms with Gasteiger partial charge < -0.3 is 18.3 Å². The van der Waals surface area contributed by atoms with E-state index in [4.69, 9.17) is 18.3 Å². The van der Waals surface area contributed by atoms with Gasteiger partial charge in [0, 0.05) is 6.08 Å². The van der Waals surface area contributed by atoms with Crippen molar-refractivity contribution in [3.05, 3.63) is 60.2 Å². The molecule has 0 aliphatic carbocycles. The van der Waals surface area contributed by atoms with E-state index in [2.05, 4.69) is 46.8 Å². The first-order valence-electron chi connectivity index (χ1n) is 11.8. The molecular weight excluding hydrogens is 420 g/mol. The zero-order valence-corrected chi connectivity index (χ0v) is 21.5. The van der Waals surface area contributed by atoms with Crippen molar-refractivity contribution in [1.29, 1.82) is 0 Å². The minimum absolute atomic E-state index is 0.0378. The summed E-state index contributed by atoms with van der Waals surface area (Å²) in [7, 11) is -1.22. The number of rotatable bonds is 11. The highest BCUT2D eigenvalue weighted by Crippen LogP contribution is 2.39. The van der Waals surface area contributed by atoms with Gasteiger partial charge in [0.25, 0.3) is 0 Å². The summed E-state index contributed by atoms with van der Waals surface area (Å²) in [6.45, 7) is 11.4. The lowest BCUT2D eigenvalue weighted by Gasteiger charge is -2.41. The van der Waals surface area contributed by atoms with E-state index < -0.39 is 20.6 Å². The van der Waals surface area contributed by atoms with E-state index in [0.29, 0.717) is 6.61 Å². The van der Waals surface area contributed by atoms with E-state index in [1.807, 2.05) is 30.3 Å². The minimum Gasteiger partial charge on any atom is -0.466 e. The van der Waals surface area contributed by atoms with Crippen LogP contribution in [0.4, 0.5) is 0 Å². The van der Waals surface area contributed by atoms with Gasteiger partial charge in [-0.15, -0.1) is 0 Å². The fourth-order valence-corrected chi connectivity index (χ4v) is 7.79. The van der Waals surface area contributed by atoms with Crippen molar-refractivity contribution in [2.75, 3.05) is 7.11 Å². The normalized spacial score (nSPS) is 21.8. The monoisotopic (exact) mass is 460 g/mol. The van der Waals surface area contributed by atoms with Gasteiger partial charge >= 0.3 is 14.5 Å². The van der Waals surface area contributed by atoms with Crippen LogP contribution in [0.3, 0.4) is 0 Å². The van der Waals surface area contributed by atoms with Crippen LogP contribution < -0.4 is 0 Å². The van der Waals surface area contributed by atoms with Gasteiger partial charge in [0.15, 0.2) is 0 Å². The Hall–Kier alpha value is -1.73. The lowest BCUT2D eigenvalue weighted by molar-refractivity contribution is -0.134. The number of unbranched alkanes of at least 4 members (excludes halogenated alkanes) is 1. The van der Waals surface area contributed by atoms with Crippen molar-refractivity contribution in [3.8, 4) is 0 Å². The molecule has 2 rings (SSSR count). The molecule has 0 fully saturated rings. The van der Waals surface area contributed by atoms with Crippen LogP contribution in [0.25, 0.3) is 0 Å². The second-order valence-electron chi connectivity index (χ2n) is 8.94. The second-order valence-corrected chi connectivity index (χ2v) is 13.2. The van der Waals surface area contributed by atoms with Crippen molar-refractivity contribution >= 4 is 14.5 Å². The smallest absolute Gasteiger partial charge is 0.344 e. The first-order chi connectivity index (χ1) is 15.3. The molecule has 178 valence electrons. The molecule has 0 spiro atoms. The lowest BCUT2D eigenvalue weighted by atomic mass is 10.1. The zero-order chi connectivity index (χ0) is 23.6. The molecule has 0 saturated carbocycles. The highest BCUT2D eigenvalue weighted by atomic mass is 28.4. The number of carbonyl (C=O) groups is 1. The summed E-state index contributed by atoms with van der Waals surface area (Å²) >= 11 is 0. The highest BCUT2D eigenvalue weighted by molar-refractivity contribution is 6.70. The summed E-state index contributed by atoms with van der Waals surface area (Å²) < 4.78 is 24.7. The number of hydrogen-bond donors (Lipinski definition) is 0. The number of benzene rings is 1. The van der Waals surface area contributed by atoms with Crippen LogP contribution in [0.15, 0.2) is 54.6 Å². The van der Waals surface area contributed by atoms with Crippen LogP contribution in [0.2, 0.25) is 11.1 Å². The van der Waals surface area contributed by atoms with Gasteiger partial charge in [-0.2, -0.15) is 0 Å². The first kappa shape index (κ1) is 26.5. The fraction of sp³-hybridized carbons (Fsp3) is 0.577. The fourth-order valence-electron chi connectivity index (χ4n) is 4.01. The van der Waals surface area contributed by atoms with Crippen LogP contribution in [0.5, 0.6) is 0 Å². The Morgan fingerprint density at radius 1 is 1.09 bits per heavy atom. The SMILES string of the molecule is CCCC[C@H]1C=C[C@@H]([C@H](/C=C\C(=O)OC)OCc2ccccc2)O[Si](C(C)C)(C(C)C)O1. The number of carbonyl (C=O) groups excluding carboxylic acids is 1. The molecule has 0 unspecified atom stereocenters. The topological polar surface area (TPSA) is 54.0 Å². The molecule has 0 bridgehead atoms. The first-order valence-corrected chi connectivity index (χ1v) is 13.7. The molecule has 1 aliphatic rings. The maximum atomic E-state index is 11.8. The van der Waals surface area contributed by atoms with Gasteiger partial charge in [0.05, 0.1) is 25.9 Å². The van der Waals surface area contributed by atoms with E-state index in [9.17, 15) is 4.79 Å². The maximum absolute atomic E-state index is 11.8. The number of esters is 1. The summed E-state index contributed by atoms with van der Waals surface area (Å²) in [6, 6.07) is 10.0. The molecule has 0 amide bonds. The molecule has 0 aromatic heterocycles. The van der Waals surface area contributed by atoms with E-state index in [1.54, 1.807) is 6.08 Å². The maximum Gasteiger partial charge on any atom is 0.344 e. The summed E-state index contributed by atoms with van der Waals surface area (Å²) in [5, 5.41) is 0. The van der Waals surface area contributed by atoms with Crippen LogP contribution >= 0.6 is 0 Å². The van der Waals surface area contributed by atoms with Crippen LogP contribution in [-0.4, -0.2) is 40.0 Å². The van der Waals surface area contributed by atoms with Crippen molar-refractivity contribution in [2.45, 2.75) is 89.9 Å². The number of methoxy groups -OCH3 is 1. The summed E-state index contributed by atoms with van der Waals surface area (Å²) in [5.41, 5.74) is 1.61. The van der Waals surface area contributed by atoms with E-state index >= 15 is 0 Å². The Morgan fingerprint density at radius 3 is 2.38 bits per heavy atom. The highest BCUT2D eigenvalue weighted by Gasteiger charge is 2.49. The van der Waals surface area contributed by atoms with Crippen LogP contribution in [0, 0.1) is 0 Å². The predicted molar refractivity (Wildman–Crippen MR) is 131 cm³/mol. The van der Waals surface area contributed by atoms with Gasteiger partial charge in [-0.05, 0) is 29.1 Å². The molecular formula is C26H40O5Si. The van der Waals surface area contributed by atoms with Gasteiger partial charge in [-0.1, -0.05) is 89.9 Å². The molecule has 0 radical (unpaired) electrons. The molecule has 0 saturated heterocycles. The molecule has 1 heterocycles. The molecule has 0 N–H and O–H groups in total. The third-order valence-corrected chi connectivity index (χ3v) is 10.4. The van der Waals surface area contributed by atoms with Gasteiger partial charge in [-0.25, -0.2) is 4.79 Å². The zero-order valence-electron chi connectivity index (χ0n) is 20.5. The standard InChI is InChI=1S/C26H40O5Si/c1-7-8-14-23-15-16-25(31-32(30-23,20(2)3)21(4)5)24(17-18-26(27)28-6)29-19-22-12-10-9-11-13-22/h9-13,15-18,20-21,23-25H,7-8,14,19H2,1-6H3/b18-17-/t23-,24-,25-/m0/s1. The lowest BCUT2D eigenvalue weighted by Crippen LogP contribution is -2.52. The molecule has 1 aromatic rings. The van der Waals surface area contributed by atoms with Crippen molar-refractivity contribution in [2.24, 2.45) is 0 Å². The third-order valence-electron chi connectivity index (χ3n) is 5.86. The Bertz CT molecular complexity index is 736. The number of hydrogen-bond acceptors (Lipinski definition) is 5. The second kappa shape index (κ2) is 13.1. The van der Waals surface area contributed by atoms with Crippen LogP contribution in [-0.2, 0) is 29.7 Å². The van der Waals surface area contributed by atoms with Crippen LogP contribution in [0.1, 0.15) is 59.4 Å². The Kier molecular flexibility index (Phi) is 10.8. The summed E-state index contributed by atoms with van der Waals surface area (Å²) in [5.74, 6) is -0.413. The molecule has 1 aliphatic heterocycles. The average Bonchev–Trinajstić information content (AvgIpc) is 2.99. The summed E-state index contributed by atoms with van der Waals surface area (Å²) in [6.07, 6.45) is 9.82. The Morgan fingerprint density at radius 2 is 1.78 bits per heavy atom. The minimum atomic E-state index is -2.59. The molecule has 5 nitrogen and oxygen atoms in total. The molecule has 1 aromatic carbocycles. The van der Waals surface area contributed by atoms with E-state index in [1.165, 1.54) is 13.2 Å². The quantitative estimate of drug-likeness (QED) is 0.173.